The van der Waals surface area contributed by atoms with Crippen LogP contribution in [0.3, 0.4) is 0 Å². The largest absolute Gasteiger partial charge is 0.350 e. The Labute approximate surface area is 127 Å². The van der Waals surface area contributed by atoms with Crippen LogP contribution in [0.1, 0.15) is 10.4 Å². The van der Waals surface area contributed by atoms with E-state index in [0.29, 0.717) is 16.6 Å². The van der Waals surface area contributed by atoms with E-state index in [1.807, 2.05) is 0 Å². The molecule has 6 heteroatoms. The molecule has 20 heavy (non-hydrogen) atoms. The van der Waals surface area contributed by atoms with Crippen LogP contribution in [0.5, 0.6) is 0 Å². The Morgan fingerprint density at radius 2 is 2.20 bits per heavy atom. The third kappa shape index (κ3) is 3.77. The molecule has 1 N–H and O–H groups in total. The van der Waals surface area contributed by atoms with Gasteiger partial charge >= 0.3 is 0 Å². The van der Waals surface area contributed by atoms with E-state index in [9.17, 15) is 9.18 Å². The Kier molecular flexibility index (Phi) is 5.12. The Bertz CT molecular complexity index is 497. The highest BCUT2D eigenvalue weighted by molar-refractivity contribution is 9.10. The summed E-state index contributed by atoms with van der Waals surface area (Å²) in [6.07, 6.45) is 0. The van der Waals surface area contributed by atoms with E-state index < -0.39 is 5.82 Å². The van der Waals surface area contributed by atoms with Crippen molar-refractivity contribution in [3.63, 3.8) is 0 Å². The van der Waals surface area contributed by atoms with Crippen LogP contribution in [0.15, 0.2) is 22.7 Å². The molecule has 1 atom stereocenters. The highest BCUT2D eigenvalue weighted by atomic mass is 79.9. The fraction of sp³-hybridized carbons (Fsp3) is 0.500. The molecule has 110 valence electrons. The summed E-state index contributed by atoms with van der Waals surface area (Å²) in [5.41, 5.74) is 0.345. The zero-order valence-electron chi connectivity index (χ0n) is 11.7. The summed E-state index contributed by atoms with van der Waals surface area (Å²) in [5, 5.41) is 2.88. The number of hydrogen-bond acceptors (Lipinski definition) is 3. The molecule has 1 aliphatic heterocycles. The van der Waals surface area contributed by atoms with Crippen LogP contribution >= 0.6 is 15.9 Å². The number of nitrogens with zero attached hydrogens (tertiary/aromatic N) is 2. The van der Waals surface area contributed by atoms with E-state index in [1.165, 1.54) is 6.07 Å². The second-order valence-corrected chi connectivity index (χ2v) is 6.09. The molecule has 1 heterocycles. The monoisotopic (exact) mass is 343 g/mol. The van der Waals surface area contributed by atoms with E-state index in [1.54, 1.807) is 12.1 Å². The molecule has 1 aliphatic rings. The number of rotatable bonds is 3. The van der Waals surface area contributed by atoms with Gasteiger partial charge in [0, 0.05) is 37.8 Å². The van der Waals surface area contributed by atoms with E-state index in [0.717, 1.165) is 19.6 Å². The molecule has 0 radical (unpaired) electrons. The molecule has 1 aromatic rings. The normalized spacial score (nSPS) is 20.9. The van der Waals surface area contributed by atoms with Crippen LogP contribution < -0.4 is 5.32 Å². The second kappa shape index (κ2) is 6.65. The number of carbonyl (C=O) groups excluding carboxylic acids is 1. The van der Waals surface area contributed by atoms with Gasteiger partial charge in [-0.2, -0.15) is 0 Å². The van der Waals surface area contributed by atoms with E-state index in [2.05, 4.69) is 45.1 Å². The average Bonchev–Trinajstić information content (AvgIpc) is 2.42. The molecule has 0 bridgehead atoms. The number of benzene rings is 1. The topological polar surface area (TPSA) is 35.6 Å². The van der Waals surface area contributed by atoms with Crippen molar-refractivity contribution in [2.24, 2.45) is 0 Å². The van der Waals surface area contributed by atoms with Crippen molar-refractivity contribution in [3.8, 4) is 0 Å². The van der Waals surface area contributed by atoms with Gasteiger partial charge in [0.15, 0.2) is 0 Å². The maximum Gasteiger partial charge on any atom is 0.251 e. The number of carbonyl (C=O) groups is 1. The Hall–Kier alpha value is -0.980. The molecular formula is C14H19BrFN3O. The molecule has 1 saturated heterocycles. The molecule has 0 aliphatic carbocycles. The summed E-state index contributed by atoms with van der Waals surface area (Å²) in [4.78, 5) is 16.5. The summed E-state index contributed by atoms with van der Waals surface area (Å²) in [6, 6.07) is 4.69. The van der Waals surface area contributed by atoms with Gasteiger partial charge in [-0.15, -0.1) is 0 Å². The highest BCUT2D eigenvalue weighted by Crippen LogP contribution is 2.16. The zero-order chi connectivity index (χ0) is 14.7. The van der Waals surface area contributed by atoms with Crippen molar-refractivity contribution < 1.29 is 9.18 Å². The first-order valence-corrected chi connectivity index (χ1v) is 7.38. The smallest absolute Gasteiger partial charge is 0.251 e. The molecule has 1 unspecified atom stereocenters. The van der Waals surface area contributed by atoms with Crippen molar-refractivity contribution in [3.05, 3.63) is 34.1 Å². The first-order chi connectivity index (χ1) is 9.47. The van der Waals surface area contributed by atoms with Crippen LogP contribution in [-0.4, -0.2) is 62.0 Å². The van der Waals surface area contributed by atoms with Gasteiger partial charge < -0.3 is 10.2 Å². The number of hydrogen-bond donors (Lipinski definition) is 1. The Morgan fingerprint density at radius 1 is 1.45 bits per heavy atom. The van der Waals surface area contributed by atoms with E-state index in [-0.39, 0.29) is 11.9 Å². The molecule has 0 saturated carbocycles. The minimum absolute atomic E-state index is 0.238. The van der Waals surface area contributed by atoms with Crippen LogP contribution in [-0.2, 0) is 0 Å². The minimum Gasteiger partial charge on any atom is -0.350 e. The fourth-order valence-corrected chi connectivity index (χ4v) is 2.52. The number of piperazine rings is 1. The summed E-state index contributed by atoms with van der Waals surface area (Å²) >= 11 is 3.08. The van der Waals surface area contributed by atoms with Crippen molar-refractivity contribution in [1.82, 2.24) is 15.1 Å². The first kappa shape index (κ1) is 15.4. The molecule has 0 aromatic heterocycles. The second-order valence-electron chi connectivity index (χ2n) is 5.24. The molecule has 1 amide bonds. The van der Waals surface area contributed by atoms with Crippen LogP contribution in [0.25, 0.3) is 0 Å². The lowest BCUT2D eigenvalue weighted by Gasteiger charge is -2.37. The van der Waals surface area contributed by atoms with Gasteiger partial charge in [0.05, 0.1) is 4.47 Å². The van der Waals surface area contributed by atoms with Gasteiger partial charge in [0.1, 0.15) is 5.82 Å². The molecule has 1 aromatic carbocycles. The fourth-order valence-electron chi connectivity index (χ4n) is 2.27. The lowest BCUT2D eigenvalue weighted by atomic mass is 10.1. The van der Waals surface area contributed by atoms with Gasteiger partial charge in [-0.3, -0.25) is 9.69 Å². The lowest BCUT2D eigenvalue weighted by Crippen LogP contribution is -2.54. The Morgan fingerprint density at radius 3 is 2.90 bits per heavy atom. The molecule has 0 spiro atoms. The van der Waals surface area contributed by atoms with Gasteiger partial charge in [0.25, 0.3) is 5.91 Å². The zero-order valence-corrected chi connectivity index (χ0v) is 13.3. The molecule has 4 nitrogen and oxygen atoms in total. The maximum atomic E-state index is 13.4. The number of nitrogens with one attached hydrogen (secondary N) is 1. The summed E-state index contributed by atoms with van der Waals surface area (Å²) < 4.78 is 13.8. The molecular weight excluding hydrogens is 325 g/mol. The van der Waals surface area contributed by atoms with Crippen LogP contribution in [0.4, 0.5) is 4.39 Å². The Balaban J connectivity index is 1.92. The van der Waals surface area contributed by atoms with Crippen molar-refractivity contribution >= 4 is 21.8 Å². The maximum absolute atomic E-state index is 13.4. The van der Waals surface area contributed by atoms with Crippen molar-refractivity contribution in [1.29, 1.82) is 0 Å². The molecule has 2 rings (SSSR count). The van der Waals surface area contributed by atoms with Crippen molar-refractivity contribution in [2.45, 2.75) is 6.04 Å². The number of likely N-dealkylation sites (N-methyl/N-ethyl adjacent to an activating group) is 2. The standard InChI is InChI=1S/C14H19BrFN3O/c1-18-5-6-19(2)11(9-18)8-17-14(20)10-3-4-12(15)13(16)7-10/h3-4,7,11H,5-6,8-9H2,1-2H3,(H,17,20). The quantitative estimate of drug-likeness (QED) is 0.904. The summed E-state index contributed by atoms with van der Waals surface area (Å²) in [7, 11) is 4.13. The number of halogens is 2. The minimum atomic E-state index is -0.424. The van der Waals surface area contributed by atoms with E-state index in [4.69, 9.17) is 0 Å². The first-order valence-electron chi connectivity index (χ1n) is 6.59. The van der Waals surface area contributed by atoms with Gasteiger partial charge in [0.2, 0.25) is 0 Å². The van der Waals surface area contributed by atoms with Crippen LogP contribution in [0.2, 0.25) is 0 Å². The summed E-state index contributed by atoms with van der Waals surface area (Å²) in [6.45, 7) is 3.52. The SMILES string of the molecule is CN1CCN(C)C(CNC(=O)c2ccc(Br)c(F)c2)C1. The van der Waals surface area contributed by atoms with Gasteiger partial charge in [-0.25, -0.2) is 4.39 Å². The predicted molar refractivity (Wildman–Crippen MR) is 80.3 cm³/mol. The third-order valence-electron chi connectivity index (χ3n) is 3.66. The molecule has 1 fully saturated rings. The predicted octanol–water partition coefficient (Wildman–Crippen LogP) is 1.56. The number of amides is 1. The summed E-state index contributed by atoms with van der Waals surface area (Å²) in [5.74, 6) is -0.662. The van der Waals surface area contributed by atoms with Gasteiger partial charge in [-0.1, -0.05) is 0 Å². The van der Waals surface area contributed by atoms with E-state index >= 15 is 0 Å². The highest BCUT2D eigenvalue weighted by Gasteiger charge is 2.22. The van der Waals surface area contributed by atoms with Gasteiger partial charge in [-0.05, 0) is 48.2 Å². The lowest BCUT2D eigenvalue weighted by molar-refractivity contribution is 0.0881. The third-order valence-corrected chi connectivity index (χ3v) is 4.30. The average molecular weight is 344 g/mol. The van der Waals surface area contributed by atoms with Crippen LogP contribution in [0, 0.1) is 5.82 Å². The van der Waals surface area contributed by atoms with Crippen molar-refractivity contribution in [2.75, 3.05) is 40.3 Å².